The lowest BCUT2D eigenvalue weighted by Gasteiger charge is -2.21. The molecule has 98 valence electrons. The van der Waals surface area contributed by atoms with Crippen molar-refractivity contribution >= 4 is 14.1 Å². The predicted molar refractivity (Wildman–Crippen MR) is 50.0 cm³/mol. The summed E-state index contributed by atoms with van der Waals surface area (Å²) < 4.78 is 8.88. The highest BCUT2D eigenvalue weighted by atomic mass is 31.2. The smallest absolute Gasteiger partial charge is 0.391 e. The van der Waals surface area contributed by atoms with Crippen LogP contribution in [0.15, 0.2) is 0 Å². The van der Waals surface area contributed by atoms with Gasteiger partial charge in [-0.05, 0) is 6.92 Å². The number of carbonyl (C=O) groups excluding carboxylic acids is 1. The van der Waals surface area contributed by atoms with Gasteiger partial charge in [-0.3, -0.25) is 0 Å². The number of aliphatic hydroxyl groups excluding tert-OH is 4. The van der Waals surface area contributed by atoms with E-state index in [1.165, 1.54) is 6.92 Å². The molecular formula is C6H15O9P. The molecule has 0 spiro atoms. The zero-order valence-corrected chi connectivity index (χ0v) is 9.18. The maximum absolute atomic E-state index is 9.87. The van der Waals surface area contributed by atoms with E-state index in [2.05, 4.69) is 0 Å². The summed E-state index contributed by atoms with van der Waals surface area (Å²) in [5, 5.41) is 35.1. The van der Waals surface area contributed by atoms with Crippen LogP contribution >= 0.6 is 7.82 Å². The van der Waals surface area contributed by atoms with Crippen LogP contribution in [0.5, 0.6) is 0 Å². The zero-order valence-electron chi connectivity index (χ0n) is 8.28. The molecule has 0 heterocycles. The normalized spacial score (nSPS) is 18.8. The van der Waals surface area contributed by atoms with Crippen LogP contribution in [-0.4, -0.2) is 65.8 Å². The first-order chi connectivity index (χ1) is 7.00. The highest BCUT2D eigenvalue weighted by Crippen LogP contribution is 2.25. The van der Waals surface area contributed by atoms with Crippen molar-refractivity contribution in [3.05, 3.63) is 0 Å². The highest BCUT2D eigenvalue weighted by Gasteiger charge is 2.27. The molecule has 16 heavy (non-hydrogen) atoms. The monoisotopic (exact) mass is 262 g/mol. The summed E-state index contributed by atoms with van der Waals surface area (Å²) in [5.41, 5.74) is 0. The van der Waals surface area contributed by atoms with Gasteiger partial charge < -0.3 is 39.9 Å². The molecule has 0 bridgehead atoms. The number of aldehydes is 1. The van der Waals surface area contributed by atoms with Gasteiger partial charge in [0, 0.05) is 0 Å². The van der Waals surface area contributed by atoms with E-state index in [1.807, 2.05) is 0 Å². The molecule has 10 heteroatoms. The SMILES string of the molecule is C[C@H](O)[C@@H](O)[C@@H](O)[C@H](O)C=O.O=P(O)(O)O. The molecule has 0 aliphatic rings. The van der Waals surface area contributed by atoms with Crippen LogP contribution in [-0.2, 0) is 9.36 Å². The Morgan fingerprint density at radius 2 is 1.31 bits per heavy atom. The molecule has 0 saturated heterocycles. The molecule has 4 atom stereocenters. The molecule has 7 N–H and O–H groups in total. The van der Waals surface area contributed by atoms with Gasteiger partial charge in [-0.15, -0.1) is 0 Å². The van der Waals surface area contributed by atoms with E-state index in [1.54, 1.807) is 0 Å². The van der Waals surface area contributed by atoms with Crippen LogP contribution in [0.3, 0.4) is 0 Å². The van der Waals surface area contributed by atoms with Crippen molar-refractivity contribution in [2.24, 2.45) is 0 Å². The fraction of sp³-hybridized carbons (Fsp3) is 0.833. The number of rotatable bonds is 4. The first-order valence-corrected chi connectivity index (χ1v) is 5.53. The van der Waals surface area contributed by atoms with E-state index in [-0.39, 0.29) is 6.29 Å². The van der Waals surface area contributed by atoms with Crippen molar-refractivity contribution in [2.45, 2.75) is 31.3 Å². The predicted octanol–water partition coefficient (Wildman–Crippen LogP) is -3.28. The molecule has 0 radical (unpaired) electrons. The second kappa shape index (κ2) is 7.82. The summed E-state index contributed by atoms with van der Waals surface area (Å²) in [6.45, 7) is 1.24. The number of phosphoric acid groups is 1. The van der Waals surface area contributed by atoms with E-state index >= 15 is 0 Å². The standard InChI is InChI=1S/C6H12O5.H3O4P/c1-3(8)5(10)6(11)4(9)2-7;1-5(2,3)4/h2-6,8-11H,1H3;(H3,1,2,3,4)/t3-,4+,5+,6-;/m0./s1. The van der Waals surface area contributed by atoms with Gasteiger partial charge in [0.2, 0.25) is 0 Å². The van der Waals surface area contributed by atoms with Crippen LogP contribution in [0.4, 0.5) is 0 Å². The van der Waals surface area contributed by atoms with E-state index in [0.717, 1.165) is 0 Å². The Kier molecular flexibility index (Phi) is 8.80. The Labute approximate surface area is 90.8 Å². The zero-order chi connectivity index (χ0) is 13.5. The lowest BCUT2D eigenvalue weighted by atomic mass is 10.1. The van der Waals surface area contributed by atoms with Crippen LogP contribution < -0.4 is 0 Å². The Balaban J connectivity index is 0. The molecule has 9 nitrogen and oxygen atoms in total. The molecule has 0 aliphatic heterocycles. The summed E-state index contributed by atoms with van der Waals surface area (Å²) in [5.74, 6) is 0. The lowest BCUT2D eigenvalue weighted by Crippen LogP contribution is -2.43. The molecular weight excluding hydrogens is 247 g/mol. The van der Waals surface area contributed by atoms with Crippen molar-refractivity contribution < 1.29 is 44.5 Å². The highest BCUT2D eigenvalue weighted by molar-refractivity contribution is 7.45. The fourth-order valence-corrected chi connectivity index (χ4v) is 0.568. The maximum Gasteiger partial charge on any atom is 0.466 e. The van der Waals surface area contributed by atoms with Crippen LogP contribution in [0.2, 0.25) is 0 Å². The minimum absolute atomic E-state index is 0.0935. The van der Waals surface area contributed by atoms with Gasteiger partial charge in [-0.25, -0.2) is 4.57 Å². The van der Waals surface area contributed by atoms with Crippen LogP contribution in [0.25, 0.3) is 0 Å². The van der Waals surface area contributed by atoms with Gasteiger partial charge in [-0.1, -0.05) is 0 Å². The number of carbonyl (C=O) groups is 1. The van der Waals surface area contributed by atoms with Gasteiger partial charge in [0.15, 0.2) is 6.29 Å². The second-order valence-corrected chi connectivity index (χ2v) is 3.89. The summed E-state index contributed by atoms with van der Waals surface area (Å²) in [6, 6.07) is 0. The van der Waals surface area contributed by atoms with Gasteiger partial charge in [0.05, 0.1) is 6.10 Å². The largest absolute Gasteiger partial charge is 0.466 e. The summed E-state index contributed by atoms with van der Waals surface area (Å²) in [7, 11) is -4.64. The Morgan fingerprint density at radius 1 is 1.00 bits per heavy atom. The summed E-state index contributed by atoms with van der Waals surface area (Å²) >= 11 is 0. The third-order valence-electron chi connectivity index (χ3n) is 1.33. The second-order valence-electron chi connectivity index (χ2n) is 2.86. The van der Waals surface area contributed by atoms with E-state index in [9.17, 15) is 4.79 Å². The van der Waals surface area contributed by atoms with Crippen molar-refractivity contribution in [1.29, 1.82) is 0 Å². The van der Waals surface area contributed by atoms with E-state index in [0.29, 0.717) is 0 Å². The number of hydrogen-bond acceptors (Lipinski definition) is 6. The quantitative estimate of drug-likeness (QED) is 0.202. The van der Waals surface area contributed by atoms with Crippen molar-refractivity contribution in [3.63, 3.8) is 0 Å². The molecule has 0 aliphatic carbocycles. The van der Waals surface area contributed by atoms with Crippen LogP contribution in [0, 0.1) is 0 Å². The van der Waals surface area contributed by atoms with Crippen molar-refractivity contribution in [2.75, 3.05) is 0 Å². The van der Waals surface area contributed by atoms with Gasteiger partial charge in [-0.2, -0.15) is 0 Å². The third-order valence-corrected chi connectivity index (χ3v) is 1.33. The van der Waals surface area contributed by atoms with Crippen molar-refractivity contribution in [3.8, 4) is 0 Å². The minimum atomic E-state index is -4.64. The first kappa shape index (κ1) is 18.0. The molecule has 0 amide bonds. The molecule has 0 rings (SSSR count). The third kappa shape index (κ3) is 11.7. The van der Waals surface area contributed by atoms with Gasteiger partial charge in [0.25, 0.3) is 0 Å². The Hall–Kier alpha value is -0.380. The Morgan fingerprint density at radius 3 is 1.50 bits per heavy atom. The molecule has 0 aromatic heterocycles. The molecule has 0 unspecified atom stereocenters. The minimum Gasteiger partial charge on any atom is -0.391 e. The van der Waals surface area contributed by atoms with E-state index < -0.39 is 32.2 Å². The fourth-order valence-electron chi connectivity index (χ4n) is 0.568. The van der Waals surface area contributed by atoms with Gasteiger partial charge in [0.1, 0.15) is 18.3 Å². The van der Waals surface area contributed by atoms with Crippen LogP contribution in [0.1, 0.15) is 6.92 Å². The first-order valence-electron chi connectivity index (χ1n) is 3.96. The van der Waals surface area contributed by atoms with E-state index in [4.69, 9.17) is 39.7 Å². The number of hydrogen-bond donors (Lipinski definition) is 7. The average Bonchev–Trinajstić information content (AvgIpc) is 2.11. The molecule has 0 fully saturated rings. The Bertz CT molecular complexity index is 228. The maximum atomic E-state index is 9.87. The van der Waals surface area contributed by atoms with Gasteiger partial charge >= 0.3 is 7.82 Å². The average molecular weight is 262 g/mol. The van der Waals surface area contributed by atoms with Crippen molar-refractivity contribution in [1.82, 2.24) is 0 Å². The summed E-state index contributed by atoms with van der Waals surface area (Å²) in [4.78, 5) is 31.4. The molecule has 0 aromatic carbocycles. The number of aliphatic hydroxyl groups is 4. The molecule has 0 aromatic rings. The topological polar surface area (TPSA) is 176 Å². The lowest BCUT2D eigenvalue weighted by molar-refractivity contribution is -0.132. The summed E-state index contributed by atoms with van der Waals surface area (Å²) in [6.07, 6.45) is -5.88. The molecule has 0 saturated carbocycles.